The predicted molar refractivity (Wildman–Crippen MR) is 69.9 cm³/mol. The SMILES string of the molecule is Clc1ccc2c(c1CC1CCNCC1)CCO2. The van der Waals surface area contributed by atoms with Crippen molar-refractivity contribution in [1.29, 1.82) is 0 Å². The summed E-state index contributed by atoms with van der Waals surface area (Å²) >= 11 is 6.36. The van der Waals surface area contributed by atoms with E-state index in [0.717, 1.165) is 49.2 Å². The maximum atomic E-state index is 6.36. The zero-order valence-electron chi connectivity index (χ0n) is 9.97. The second-order valence-electron chi connectivity index (χ2n) is 5.00. The Hall–Kier alpha value is -0.730. The molecule has 0 spiro atoms. The molecule has 2 aliphatic rings. The van der Waals surface area contributed by atoms with E-state index in [4.69, 9.17) is 16.3 Å². The molecule has 0 unspecified atom stereocenters. The molecule has 0 radical (unpaired) electrons. The average Bonchev–Trinajstić information content (AvgIpc) is 2.83. The van der Waals surface area contributed by atoms with Crippen LogP contribution in [0.15, 0.2) is 12.1 Å². The van der Waals surface area contributed by atoms with Gasteiger partial charge in [-0.2, -0.15) is 0 Å². The molecule has 1 saturated heterocycles. The number of ether oxygens (including phenoxy) is 1. The van der Waals surface area contributed by atoms with E-state index in [0.29, 0.717) is 0 Å². The molecular formula is C14H18ClNO. The van der Waals surface area contributed by atoms with Gasteiger partial charge in [-0.25, -0.2) is 0 Å². The monoisotopic (exact) mass is 251 g/mol. The maximum absolute atomic E-state index is 6.36. The largest absolute Gasteiger partial charge is 0.493 e. The molecule has 1 N–H and O–H groups in total. The zero-order chi connectivity index (χ0) is 11.7. The number of hydrogen-bond donors (Lipinski definition) is 1. The van der Waals surface area contributed by atoms with E-state index < -0.39 is 0 Å². The van der Waals surface area contributed by atoms with Gasteiger partial charge in [0.05, 0.1) is 6.61 Å². The molecule has 2 aliphatic heterocycles. The highest BCUT2D eigenvalue weighted by Gasteiger charge is 2.22. The second-order valence-corrected chi connectivity index (χ2v) is 5.41. The molecule has 0 aliphatic carbocycles. The highest BCUT2D eigenvalue weighted by molar-refractivity contribution is 6.31. The summed E-state index contributed by atoms with van der Waals surface area (Å²) in [5.74, 6) is 1.83. The highest BCUT2D eigenvalue weighted by atomic mass is 35.5. The summed E-state index contributed by atoms with van der Waals surface area (Å²) in [5.41, 5.74) is 2.70. The second kappa shape index (κ2) is 4.87. The summed E-state index contributed by atoms with van der Waals surface area (Å²) in [6.45, 7) is 3.11. The molecule has 3 heteroatoms. The molecule has 92 valence electrons. The predicted octanol–water partition coefficient (Wildman–Crippen LogP) is 2.82. The Bertz CT molecular complexity index is 413. The Kier molecular flexibility index (Phi) is 3.26. The number of halogens is 1. The van der Waals surface area contributed by atoms with Gasteiger partial charge in [0.15, 0.2) is 0 Å². The number of rotatable bonds is 2. The minimum Gasteiger partial charge on any atom is -0.493 e. The van der Waals surface area contributed by atoms with Crippen LogP contribution in [0.25, 0.3) is 0 Å². The first-order valence-electron chi connectivity index (χ1n) is 6.48. The van der Waals surface area contributed by atoms with Crippen molar-refractivity contribution in [3.8, 4) is 5.75 Å². The Labute approximate surface area is 107 Å². The quantitative estimate of drug-likeness (QED) is 0.873. The summed E-state index contributed by atoms with van der Waals surface area (Å²) < 4.78 is 5.61. The molecular weight excluding hydrogens is 234 g/mol. The molecule has 0 atom stereocenters. The van der Waals surface area contributed by atoms with Gasteiger partial charge in [-0.1, -0.05) is 11.6 Å². The molecule has 0 saturated carbocycles. The lowest BCUT2D eigenvalue weighted by atomic mass is 9.88. The van der Waals surface area contributed by atoms with Crippen LogP contribution in [0.1, 0.15) is 24.0 Å². The van der Waals surface area contributed by atoms with Gasteiger partial charge in [0, 0.05) is 17.0 Å². The summed E-state index contributed by atoms with van der Waals surface area (Å²) in [4.78, 5) is 0. The topological polar surface area (TPSA) is 21.3 Å². The van der Waals surface area contributed by atoms with Gasteiger partial charge in [0.25, 0.3) is 0 Å². The lowest BCUT2D eigenvalue weighted by Gasteiger charge is -2.23. The Morgan fingerprint density at radius 2 is 2.12 bits per heavy atom. The van der Waals surface area contributed by atoms with Crippen LogP contribution in [0.2, 0.25) is 5.02 Å². The fraction of sp³-hybridized carbons (Fsp3) is 0.571. The van der Waals surface area contributed by atoms with Crippen LogP contribution in [-0.4, -0.2) is 19.7 Å². The summed E-state index contributed by atoms with van der Waals surface area (Å²) in [7, 11) is 0. The van der Waals surface area contributed by atoms with Gasteiger partial charge in [0.1, 0.15) is 5.75 Å². The van der Waals surface area contributed by atoms with E-state index in [1.54, 1.807) is 0 Å². The minimum absolute atomic E-state index is 0.779. The van der Waals surface area contributed by atoms with Crippen LogP contribution in [-0.2, 0) is 12.8 Å². The van der Waals surface area contributed by atoms with Crippen molar-refractivity contribution in [3.05, 3.63) is 28.3 Å². The molecule has 1 aromatic rings. The van der Waals surface area contributed by atoms with E-state index >= 15 is 0 Å². The van der Waals surface area contributed by atoms with E-state index in [9.17, 15) is 0 Å². The first-order valence-corrected chi connectivity index (χ1v) is 6.86. The van der Waals surface area contributed by atoms with Gasteiger partial charge < -0.3 is 10.1 Å². The van der Waals surface area contributed by atoms with Crippen molar-refractivity contribution in [3.63, 3.8) is 0 Å². The Morgan fingerprint density at radius 3 is 2.94 bits per heavy atom. The number of piperidine rings is 1. The Balaban J connectivity index is 1.84. The molecule has 0 bridgehead atoms. The van der Waals surface area contributed by atoms with E-state index in [2.05, 4.69) is 5.32 Å². The maximum Gasteiger partial charge on any atom is 0.123 e. The zero-order valence-corrected chi connectivity index (χ0v) is 10.7. The molecule has 2 nitrogen and oxygen atoms in total. The third-order valence-electron chi connectivity index (χ3n) is 3.89. The molecule has 2 heterocycles. The molecule has 0 aromatic heterocycles. The molecule has 0 amide bonds. The average molecular weight is 252 g/mol. The van der Waals surface area contributed by atoms with Crippen molar-refractivity contribution in [2.75, 3.05) is 19.7 Å². The normalized spacial score (nSPS) is 20.1. The standard InChI is InChI=1S/C14H18ClNO/c15-13-1-2-14-11(5-8-17-14)12(13)9-10-3-6-16-7-4-10/h1-2,10,16H,3-9H2. The summed E-state index contributed by atoms with van der Waals surface area (Å²) in [5, 5.41) is 4.33. The molecule has 3 rings (SSSR count). The third-order valence-corrected chi connectivity index (χ3v) is 4.25. The van der Waals surface area contributed by atoms with Crippen molar-refractivity contribution in [2.24, 2.45) is 5.92 Å². The van der Waals surface area contributed by atoms with Gasteiger partial charge in [-0.3, -0.25) is 0 Å². The van der Waals surface area contributed by atoms with E-state index in [-0.39, 0.29) is 0 Å². The van der Waals surface area contributed by atoms with Crippen LogP contribution < -0.4 is 10.1 Å². The number of nitrogens with one attached hydrogen (secondary N) is 1. The van der Waals surface area contributed by atoms with Crippen molar-refractivity contribution < 1.29 is 4.74 Å². The minimum atomic E-state index is 0.779. The lowest BCUT2D eigenvalue weighted by Crippen LogP contribution is -2.28. The molecule has 1 aromatic carbocycles. The summed E-state index contributed by atoms with van der Waals surface area (Å²) in [6, 6.07) is 4.00. The van der Waals surface area contributed by atoms with Crippen LogP contribution in [0.4, 0.5) is 0 Å². The van der Waals surface area contributed by atoms with Gasteiger partial charge in [0.2, 0.25) is 0 Å². The number of fused-ring (bicyclic) bond motifs is 1. The Morgan fingerprint density at radius 1 is 1.29 bits per heavy atom. The van der Waals surface area contributed by atoms with E-state index in [1.165, 1.54) is 24.0 Å². The van der Waals surface area contributed by atoms with Crippen molar-refractivity contribution in [2.45, 2.75) is 25.7 Å². The van der Waals surface area contributed by atoms with Crippen molar-refractivity contribution in [1.82, 2.24) is 5.32 Å². The first kappa shape index (κ1) is 11.4. The fourth-order valence-corrected chi connectivity index (χ4v) is 3.16. The fourth-order valence-electron chi connectivity index (χ4n) is 2.91. The number of benzene rings is 1. The lowest BCUT2D eigenvalue weighted by molar-refractivity contribution is 0.357. The smallest absolute Gasteiger partial charge is 0.123 e. The first-order chi connectivity index (χ1) is 8.34. The van der Waals surface area contributed by atoms with Crippen LogP contribution in [0, 0.1) is 5.92 Å². The molecule has 17 heavy (non-hydrogen) atoms. The van der Waals surface area contributed by atoms with Gasteiger partial charge in [-0.15, -0.1) is 0 Å². The van der Waals surface area contributed by atoms with E-state index in [1.807, 2.05) is 12.1 Å². The van der Waals surface area contributed by atoms with Gasteiger partial charge >= 0.3 is 0 Å². The van der Waals surface area contributed by atoms with Crippen LogP contribution >= 0.6 is 11.6 Å². The summed E-state index contributed by atoms with van der Waals surface area (Å²) in [6.07, 6.45) is 4.67. The third kappa shape index (κ3) is 2.29. The van der Waals surface area contributed by atoms with Crippen molar-refractivity contribution >= 4 is 11.6 Å². The van der Waals surface area contributed by atoms with Gasteiger partial charge in [-0.05, 0) is 56.0 Å². The number of hydrogen-bond acceptors (Lipinski definition) is 2. The molecule has 1 fully saturated rings. The van der Waals surface area contributed by atoms with Crippen LogP contribution in [0.5, 0.6) is 5.75 Å². The van der Waals surface area contributed by atoms with Crippen LogP contribution in [0.3, 0.4) is 0 Å². The highest BCUT2D eigenvalue weighted by Crippen LogP contribution is 2.35.